The lowest BCUT2D eigenvalue weighted by Gasteiger charge is -2.08. The maximum Gasteiger partial charge on any atom is 0.116 e. The fourth-order valence-electron chi connectivity index (χ4n) is 2.34. The molecule has 0 fully saturated rings. The van der Waals surface area contributed by atoms with Gasteiger partial charge in [-0.1, -0.05) is 12.1 Å². The second-order valence-corrected chi connectivity index (χ2v) is 4.49. The van der Waals surface area contributed by atoms with Gasteiger partial charge in [-0.05, 0) is 30.7 Å². The van der Waals surface area contributed by atoms with Crippen molar-refractivity contribution < 1.29 is 5.11 Å². The van der Waals surface area contributed by atoms with Gasteiger partial charge in [-0.3, -0.25) is 9.55 Å². The van der Waals surface area contributed by atoms with Gasteiger partial charge in [-0.2, -0.15) is 0 Å². The molecule has 0 aliphatic carbocycles. The van der Waals surface area contributed by atoms with Crippen LogP contribution < -0.4 is 0 Å². The standard InChI is InChI=1S/C15H15N3O/c1-11-3-2-4-13-15(11)17-14(7-10-19)18(13)12-5-8-16-9-6-12/h2-6,8-9,19H,7,10H2,1H3. The number of aromatic nitrogens is 3. The van der Waals surface area contributed by atoms with E-state index >= 15 is 0 Å². The van der Waals surface area contributed by atoms with Crippen molar-refractivity contribution in [1.29, 1.82) is 0 Å². The molecule has 19 heavy (non-hydrogen) atoms. The van der Waals surface area contributed by atoms with Gasteiger partial charge in [0.1, 0.15) is 5.82 Å². The lowest BCUT2D eigenvalue weighted by atomic mass is 10.2. The van der Waals surface area contributed by atoms with Gasteiger partial charge in [0.25, 0.3) is 0 Å². The van der Waals surface area contributed by atoms with Crippen molar-refractivity contribution in [3.05, 3.63) is 54.1 Å². The van der Waals surface area contributed by atoms with E-state index in [0.717, 1.165) is 28.1 Å². The molecule has 0 spiro atoms. The molecule has 4 nitrogen and oxygen atoms in total. The van der Waals surface area contributed by atoms with E-state index in [1.165, 1.54) is 0 Å². The normalized spacial score (nSPS) is 11.1. The number of aryl methyl sites for hydroxylation is 1. The van der Waals surface area contributed by atoms with Gasteiger partial charge >= 0.3 is 0 Å². The number of pyridine rings is 1. The van der Waals surface area contributed by atoms with Crippen LogP contribution in [0, 0.1) is 6.92 Å². The van der Waals surface area contributed by atoms with Gasteiger partial charge in [0, 0.05) is 18.8 Å². The SMILES string of the molecule is Cc1cccc2c1nc(CCO)n2-c1ccncc1. The topological polar surface area (TPSA) is 50.9 Å². The molecular formula is C15H15N3O. The highest BCUT2D eigenvalue weighted by Gasteiger charge is 2.12. The predicted octanol–water partition coefficient (Wildman–Crippen LogP) is 2.26. The fraction of sp³-hybridized carbons (Fsp3) is 0.200. The summed E-state index contributed by atoms with van der Waals surface area (Å²) in [5.74, 6) is 0.873. The summed E-state index contributed by atoms with van der Waals surface area (Å²) in [7, 11) is 0. The van der Waals surface area contributed by atoms with Crippen LogP contribution >= 0.6 is 0 Å². The Morgan fingerprint density at radius 3 is 2.68 bits per heavy atom. The first-order valence-corrected chi connectivity index (χ1v) is 6.29. The van der Waals surface area contributed by atoms with E-state index in [4.69, 9.17) is 0 Å². The summed E-state index contributed by atoms with van der Waals surface area (Å²) in [6.07, 6.45) is 4.07. The maximum absolute atomic E-state index is 9.22. The van der Waals surface area contributed by atoms with Gasteiger partial charge in [0.2, 0.25) is 0 Å². The summed E-state index contributed by atoms with van der Waals surface area (Å²) in [5, 5.41) is 9.22. The van der Waals surface area contributed by atoms with Crippen molar-refractivity contribution in [2.45, 2.75) is 13.3 Å². The molecule has 0 atom stereocenters. The molecule has 3 rings (SSSR count). The number of nitrogens with zero attached hydrogens (tertiary/aromatic N) is 3. The first kappa shape index (κ1) is 11.9. The quantitative estimate of drug-likeness (QED) is 0.779. The zero-order valence-electron chi connectivity index (χ0n) is 10.7. The van der Waals surface area contributed by atoms with Gasteiger partial charge < -0.3 is 5.11 Å². The number of hydrogen-bond acceptors (Lipinski definition) is 3. The monoisotopic (exact) mass is 253 g/mol. The number of benzene rings is 1. The molecule has 0 aliphatic rings. The van der Waals surface area contributed by atoms with Gasteiger partial charge in [-0.25, -0.2) is 4.98 Å². The van der Waals surface area contributed by atoms with Crippen LogP contribution in [0.5, 0.6) is 0 Å². The third-order valence-electron chi connectivity index (χ3n) is 3.21. The van der Waals surface area contributed by atoms with E-state index in [-0.39, 0.29) is 6.61 Å². The van der Waals surface area contributed by atoms with Crippen molar-refractivity contribution in [1.82, 2.24) is 14.5 Å². The summed E-state index contributed by atoms with van der Waals surface area (Å²) >= 11 is 0. The zero-order valence-corrected chi connectivity index (χ0v) is 10.7. The van der Waals surface area contributed by atoms with Gasteiger partial charge in [0.15, 0.2) is 0 Å². The Kier molecular flexibility index (Phi) is 3.01. The van der Waals surface area contributed by atoms with Crippen molar-refractivity contribution >= 4 is 11.0 Å². The molecule has 96 valence electrons. The summed E-state index contributed by atoms with van der Waals surface area (Å²) in [4.78, 5) is 8.71. The minimum atomic E-state index is 0.0907. The second-order valence-electron chi connectivity index (χ2n) is 4.49. The zero-order chi connectivity index (χ0) is 13.2. The summed E-state index contributed by atoms with van der Waals surface area (Å²) in [6.45, 7) is 2.14. The Labute approximate surface area is 111 Å². The Morgan fingerprint density at radius 1 is 1.16 bits per heavy atom. The van der Waals surface area contributed by atoms with Crippen molar-refractivity contribution in [2.24, 2.45) is 0 Å². The molecule has 0 unspecified atom stereocenters. The third kappa shape index (κ3) is 2.00. The molecule has 0 saturated heterocycles. The average molecular weight is 253 g/mol. The van der Waals surface area contributed by atoms with E-state index in [2.05, 4.69) is 33.6 Å². The lowest BCUT2D eigenvalue weighted by Crippen LogP contribution is -2.03. The number of fused-ring (bicyclic) bond motifs is 1. The number of aliphatic hydroxyl groups is 1. The molecule has 2 heterocycles. The molecule has 1 aromatic carbocycles. The third-order valence-corrected chi connectivity index (χ3v) is 3.21. The minimum Gasteiger partial charge on any atom is -0.396 e. The largest absolute Gasteiger partial charge is 0.396 e. The average Bonchev–Trinajstić information content (AvgIpc) is 2.80. The van der Waals surface area contributed by atoms with Crippen LogP contribution in [0.4, 0.5) is 0 Å². The fourth-order valence-corrected chi connectivity index (χ4v) is 2.34. The van der Waals surface area contributed by atoms with E-state index in [1.54, 1.807) is 12.4 Å². The van der Waals surface area contributed by atoms with Crippen molar-refractivity contribution in [3.8, 4) is 5.69 Å². The van der Waals surface area contributed by atoms with Crippen LogP contribution in [-0.4, -0.2) is 26.2 Å². The minimum absolute atomic E-state index is 0.0907. The van der Waals surface area contributed by atoms with Crippen LogP contribution in [-0.2, 0) is 6.42 Å². The summed E-state index contributed by atoms with van der Waals surface area (Å²) in [6, 6.07) is 10.0. The number of hydrogen-bond donors (Lipinski definition) is 1. The molecule has 0 amide bonds. The molecule has 0 radical (unpaired) electrons. The molecule has 0 saturated carbocycles. The highest BCUT2D eigenvalue weighted by molar-refractivity contribution is 5.81. The highest BCUT2D eigenvalue weighted by atomic mass is 16.3. The highest BCUT2D eigenvalue weighted by Crippen LogP contribution is 2.23. The Balaban J connectivity index is 2.32. The van der Waals surface area contributed by atoms with Crippen LogP contribution in [0.15, 0.2) is 42.7 Å². The van der Waals surface area contributed by atoms with Crippen LogP contribution in [0.25, 0.3) is 16.7 Å². The molecule has 0 aliphatic heterocycles. The smallest absolute Gasteiger partial charge is 0.116 e. The van der Waals surface area contributed by atoms with E-state index in [9.17, 15) is 5.11 Å². The first-order valence-electron chi connectivity index (χ1n) is 6.29. The summed E-state index contributed by atoms with van der Waals surface area (Å²) in [5.41, 5.74) is 4.22. The van der Waals surface area contributed by atoms with E-state index in [0.29, 0.717) is 6.42 Å². The molecule has 4 heteroatoms. The van der Waals surface area contributed by atoms with Crippen LogP contribution in [0.2, 0.25) is 0 Å². The van der Waals surface area contributed by atoms with E-state index in [1.807, 2.05) is 18.2 Å². The van der Waals surface area contributed by atoms with E-state index < -0.39 is 0 Å². The molecule has 0 bridgehead atoms. The van der Waals surface area contributed by atoms with Crippen molar-refractivity contribution in [3.63, 3.8) is 0 Å². The Morgan fingerprint density at radius 2 is 1.95 bits per heavy atom. The molecule has 1 N–H and O–H groups in total. The van der Waals surface area contributed by atoms with Crippen molar-refractivity contribution in [2.75, 3.05) is 6.61 Å². The van der Waals surface area contributed by atoms with Crippen LogP contribution in [0.1, 0.15) is 11.4 Å². The second kappa shape index (κ2) is 4.82. The summed E-state index contributed by atoms with van der Waals surface area (Å²) < 4.78 is 2.08. The van der Waals surface area contributed by atoms with Gasteiger partial charge in [-0.15, -0.1) is 0 Å². The number of para-hydroxylation sites is 1. The Hall–Kier alpha value is -2.20. The first-order chi connectivity index (χ1) is 9.31. The van der Waals surface area contributed by atoms with Crippen LogP contribution in [0.3, 0.4) is 0 Å². The molecule has 2 aromatic heterocycles. The lowest BCUT2D eigenvalue weighted by molar-refractivity contribution is 0.296. The number of rotatable bonds is 3. The Bertz CT molecular complexity index is 704. The molecular weight excluding hydrogens is 238 g/mol. The maximum atomic E-state index is 9.22. The number of imidazole rings is 1. The molecule has 3 aromatic rings. The predicted molar refractivity (Wildman–Crippen MR) is 74.4 cm³/mol. The van der Waals surface area contributed by atoms with Gasteiger partial charge in [0.05, 0.1) is 23.3 Å². The number of aliphatic hydroxyl groups excluding tert-OH is 1.